The SMILES string of the molecule is c1ccc(-c2cc3ccccc3c3ccccc23)c(-c2nc(-c3ccc(-c4cc5ccccc5c5ccccc45)cc3)nc(-c3cccc4c3oc3ccccc34)n2)c1. The summed E-state index contributed by atoms with van der Waals surface area (Å²) in [6.45, 7) is 0. The van der Waals surface area contributed by atoms with Crippen LogP contribution in [0.4, 0.5) is 0 Å². The van der Waals surface area contributed by atoms with Gasteiger partial charge >= 0.3 is 0 Å². The van der Waals surface area contributed by atoms with E-state index in [1.54, 1.807) is 0 Å². The zero-order chi connectivity index (χ0) is 38.9. The minimum absolute atomic E-state index is 0.553. The maximum atomic E-state index is 6.54. The van der Waals surface area contributed by atoms with Crippen LogP contribution in [0.5, 0.6) is 0 Å². The van der Waals surface area contributed by atoms with Crippen LogP contribution >= 0.6 is 0 Å². The highest BCUT2D eigenvalue weighted by Gasteiger charge is 2.20. The van der Waals surface area contributed by atoms with Crippen molar-refractivity contribution >= 4 is 65.0 Å². The summed E-state index contributed by atoms with van der Waals surface area (Å²) in [5, 5.41) is 11.8. The Morgan fingerprint density at radius 1 is 0.271 bits per heavy atom. The first kappa shape index (κ1) is 33.2. The number of aromatic nitrogens is 3. The predicted molar refractivity (Wildman–Crippen MR) is 244 cm³/mol. The van der Waals surface area contributed by atoms with E-state index in [-0.39, 0.29) is 0 Å². The third kappa shape index (κ3) is 5.42. The fraction of sp³-hybridized carbons (Fsp3) is 0. The van der Waals surface area contributed by atoms with E-state index >= 15 is 0 Å². The maximum absolute atomic E-state index is 6.54. The van der Waals surface area contributed by atoms with Crippen molar-refractivity contribution < 1.29 is 4.42 Å². The van der Waals surface area contributed by atoms with Gasteiger partial charge in [0.2, 0.25) is 0 Å². The zero-order valence-electron chi connectivity index (χ0n) is 31.8. The number of furan rings is 1. The Kier molecular flexibility index (Phi) is 7.50. The highest BCUT2D eigenvalue weighted by atomic mass is 16.3. The topological polar surface area (TPSA) is 51.8 Å². The lowest BCUT2D eigenvalue weighted by Crippen LogP contribution is -2.01. The number of rotatable bonds is 5. The maximum Gasteiger partial charge on any atom is 0.167 e. The Hall–Kier alpha value is -7.95. The van der Waals surface area contributed by atoms with Crippen LogP contribution in [0.2, 0.25) is 0 Å². The van der Waals surface area contributed by atoms with Crippen molar-refractivity contribution in [3.8, 4) is 56.4 Å². The molecule has 4 nitrogen and oxygen atoms in total. The van der Waals surface area contributed by atoms with E-state index in [0.717, 1.165) is 55.3 Å². The second-order valence-electron chi connectivity index (χ2n) is 15.1. The first-order valence-corrected chi connectivity index (χ1v) is 19.9. The normalized spacial score (nSPS) is 11.7. The number of hydrogen-bond acceptors (Lipinski definition) is 4. The lowest BCUT2D eigenvalue weighted by Gasteiger charge is -2.15. The van der Waals surface area contributed by atoms with E-state index in [2.05, 4.69) is 176 Å². The summed E-state index contributed by atoms with van der Waals surface area (Å²) in [4.78, 5) is 15.8. The van der Waals surface area contributed by atoms with Gasteiger partial charge in [0.25, 0.3) is 0 Å². The van der Waals surface area contributed by atoms with Gasteiger partial charge in [0.15, 0.2) is 17.5 Å². The van der Waals surface area contributed by atoms with Gasteiger partial charge < -0.3 is 4.42 Å². The summed E-state index contributed by atoms with van der Waals surface area (Å²) in [5.41, 5.74) is 8.72. The smallest absolute Gasteiger partial charge is 0.167 e. The summed E-state index contributed by atoms with van der Waals surface area (Å²) < 4.78 is 6.54. The molecule has 0 aliphatic heterocycles. The van der Waals surface area contributed by atoms with Gasteiger partial charge in [0.05, 0.1) is 5.56 Å². The van der Waals surface area contributed by atoms with Crippen molar-refractivity contribution in [2.45, 2.75) is 0 Å². The van der Waals surface area contributed by atoms with E-state index in [0.29, 0.717) is 17.5 Å². The minimum Gasteiger partial charge on any atom is -0.455 e. The average Bonchev–Trinajstić information content (AvgIpc) is 3.70. The van der Waals surface area contributed by atoms with Gasteiger partial charge in [-0.1, -0.05) is 176 Å². The summed E-state index contributed by atoms with van der Waals surface area (Å²) in [7, 11) is 0. The first-order chi connectivity index (χ1) is 29.2. The van der Waals surface area contributed by atoms with Gasteiger partial charge in [0, 0.05) is 21.9 Å². The average molecular weight is 752 g/mol. The van der Waals surface area contributed by atoms with Gasteiger partial charge in [0.1, 0.15) is 11.2 Å². The molecular weight excluding hydrogens is 719 g/mol. The monoisotopic (exact) mass is 751 g/mol. The van der Waals surface area contributed by atoms with Crippen LogP contribution in [0.3, 0.4) is 0 Å². The highest BCUT2D eigenvalue weighted by molar-refractivity contribution is 6.16. The molecule has 0 aliphatic carbocycles. The standard InChI is InChI=1S/C55H33N3O/c1-3-16-38-36(14-1)32-49(42-20-7-5-18-40(38)42)34-28-30-35(31-29-34)53-56-54(58-55(57-53)48-26-13-25-46-45-23-11-12-27-51(45)59-52(46)48)47-24-10-9-22-44(47)50-33-37-15-2-4-17-39(37)41-19-6-8-21-43(41)50/h1-33H. The van der Waals surface area contributed by atoms with Crippen LogP contribution in [0.25, 0.3) is 121 Å². The summed E-state index contributed by atoms with van der Waals surface area (Å²) in [6.07, 6.45) is 0. The van der Waals surface area contributed by atoms with E-state index < -0.39 is 0 Å². The molecule has 0 saturated carbocycles. The van der Waals surface area contributed by atoms with E-state index in [4.69, 9.17) is 19.4 Å². The van der Waals surface area contributed by atoms with Crippen molar-refractivity contribution in [1.29, 1.82) is 0 Å². The number of nitrogens with zero attached hydrogens (tertiary/aromatic N) is 3. The number of fused-ring (bicyclic) bond motifs is 9. The molecule has 0 radical (unpaired) electrons. The molecule has 12 rings (SSSR count). The molecule has 0 fully saturated rings. The van der Waals surface area contributed by atoms with Crippen molar-refractivity contribution in [3.05, 3.63) is 200 Å². The second-order valence-corrected chi connectivity index (χ2v) is 15.1. The van der Waals surface area contributed by atoms with Crippen LogP contribution < -0.4 is 0 Å². The Morgan fingerprint density at radius 2 is 0.729 bits per heavy atom. The van der Waals surface area contributed by atoms with Gasteiger partial charge in [-0.15, -0.1) is 0 Å². The molecule has 2 heterocycles. The van der Waals surface area contributed by atoms with Crippen LogP contribution in [-0.2, 0) is 0 Å². The van der Waals surface area contributed by atoms with E-state index in [1.807, 2.05) is 24.3 Å². The minimum atomic E-state index is 0.553. The second kappa shape index (κ2) is 13.3. The molecule has 0 atom stereocenters. The molecule has 0 spiro atoms. The molecule has 4 heteroatoms. The summed E-state index contributed by atoms with van der Waals surface area (Å²) in [5.74, 6) is 1.74. The molecule has 12 aromatic rings. The molecule has 274 valence electrons. The van der Waals surface area contributed by atoms with Crippen molar-refractivity contribution in [2.75, 3.05) is 0 Å². The molecule has 0 unspecified atom stereocenters. The molecule has 0 saturated heterocycles. The Morgan fingerprint density at radius 3 is 1.42 bits per heavy atom. The molecule has 0 amide bonds. The van der Waals surface area contributed by atoms with Crippen LogP contribution in [-0.4, -0.2) is 15.0 Å². The van der Waals surface area contributed by atoms with Gasteiger partial charge in [-0.3, -0.25) is 0 Å². The zero-order valence-corrected chi connectivity index (χ0v) is 31.8. The Bertz CT molecular complexity index is 3620. The number of hydrogen-bond donors (Lipinski definition) is 0. The van der Waals surface area contributed by atoms with Gasteiger partial charge in [-0.2, -0.15) is 0 Å². The van der Waals surface area contributed by atoms with Crippen LogP contribution in [0, 0.1) is 0 Å². The van der Waals surface area contributed by atoms with Crippen molar-refractivity contribution in [1.82, 2.24) is 15.0 Å². The number of benzene rings is 10. The summed E-state index contributed by atoms with van der Waals surface area (Å²) in [6, 6.07) is 70.5. The molecule has 0 aliphatic rings. The van der Waals surface area contributed by atoms with Crippen LogP contribution in [0.15, 0.2) is 205 Å². The van der Waals surface area contributed by atoms with E-state index in [1.165, 1.54) is 48.7 Å². The third-order valence-electron chi connectivity index (χ3n) is 11.7. The van der Waals surface area contributed by atoms with Crippen molar-refractivity contribution in [3.63, 3.8) is 0 Å². The lowest BCUT2D eigenvalue weighted by molar-refractivity contribution is 0.669. The quantitative estimate of drug-likeness (QED) is 0.164. The fourth-order valence-corrected chi connectivity index (χ4v) is 8.95. The number of para-hydroxylation sites is 2. The molecule has 2 aromatic heterocycles. The Balaban J connectivity index is 1.07. The largest absolute Gasteiger partial charge is 0.455 e. The lowest BCUT2D eigenvalue weighted by atomic mass is 9.91. The van der Waals surface area contributed by atoms with Crippen LogP contribution in [0.1, 0.15) is 0 Å². The molecule has 10 aromatic carbocycles. The van der Waals surface area contributed by atoms with Gasteiger partial charge in [-0.25, -0.2) is 15.0 Å². The van der Waals surface area contributed by atoms with Crippen molar-refractivity contribution in [2.24, 2.45) is 0 Å². The Labute approximate surface area is 339 Å². The van der Waals surface area contributed by atoms with E-state index in [9.17, 15) is 0 Å². The van der Waals surface area contributed by atoms with Gasteiger partial charge in [-0.05, 0) is 89.6 Å². The fourth-order valence-electron chi connectivity index (χ4n) is 8.95. The molecule has 0 N–H and O–H groups in total. The predicted octanol–water partition coefficient (Wildman–Crippen LogP) is 14.7. The summed E-state index contributed by atoms with van der Waals surface area (Å²) >= 11 is 0. The molecule has 0 bridgehead atoms. The third-order valence-corrected chi connectivity index (χ3v) is 11.7. The molecular formula is C55H33N3O. The first-order valence-electron chi connectivity index (χ1n) is 19.9. The highest BCUT2D eigenvalue weighted by Crippen LogP contribution is 2.41. The molecule has 59 heavy (non-hydrogen) atoms.